The molecule has 0 radical (unpaired) electrons. The van der Waals surface area contributed by atoms with Crippen LogP contribution in [0.15, 0.2) is 52.9 Å². The van der Waals surface area contributed by atoms with Crippen LogP contribution in [0, 0.1) is 0 Å². The molecular weight excluding hydrogens is 368 g/mol. The van der Waals surface area contributed by atoms with Gasteiger partial charge in [-0.25, -0.2) is 0 Å². The molecule has 1 aromatic heterocycles. The number of ether oxygens (including phenoxy) is 2. The summed E-state index contributed by atoms with van der Waals surface area (Å²) in [6.07, 6.45) is 0. The van der Waals surface area contributed by atoms with E-state index in [0.717, 1.165) is 41.9 Å². The number of para-hydroxylation sites is 1. The molecule has 0 spiro atoms. The zero-order chi connectivity index (χ0) is 20.2. The molecule has 6 nitrogen and oxygen atoms in total. The van der Waals surface area contributed by atoms with Crippen LogP contribution in [0.3, 0.4) is 0 Å². The maximum atomic E-state index is 13.1. The van der Waals surface area contributed by atoms with Gasteiger partial charge in [0, 0.05) is 50.8 Å². The Bertz CT molecular complexity index is 972. The van der Waals surface area contributed by atoms with Gasteiger partial charge in [0.25, 0.3) is 5.91 Å². The second-order valence-corrected chi connectivity index (χ2v) is 7.26. The predicted octanol–water partition coefficient (Wildman–Crippen LogP) is 3.55. The molecule has 6 heteroatoms. The number of nitrogens with zero attached hydrogens (tertiary/aromatic N) is 2. The van der Waals surface area contributed by atoms with Crippen molar-refractivity contribution >= 4 is 16.9 Å². The van der Waals surface area contributed by atoms with Crippen molar-refractivity contribution in [2.24, 2.45) is 0 Å². The minimum absolute atomic E-state index is 0.0580. The number of piperazine rings is 1. The second-order valence-electron chi connectivity index (χ2n) is 7.26. The van der Waals surface area contributed by atoms with E-state index in [1.165, 1.54) is 5.56 Å². The van der Waals surface area contributed by atoms with Crippen molar-refractivity contribution in [2.45, 2.75) is 13.2 Å². The number of hydrogen-bond acceptors (Lipinski definition) is 5. The van der Waals surface area contributed by atoms with Gasteiger partial charge in [0.15, 0.2) is 5.76 Å². The average Bonchev–Trinajstić information content (AvgIpc) is 3.13. The van der Waals surface area contributed by atoms with Gasteiger partial charge in [-0.3, -0.25) is 9.69 Å². The number of rotatable bonds is 6. The summed E-state index contributed by atoms with van der Waals surface area (Å²) in [7, 11) is 3.30. The molecular formula is C23H26N2O4. The first-order valence-corrected chi connectivity index (χ1v) is 9.83. The van der Waals surface area contributed by atoms with Crippen LogP contribution >= 0.6 is 0 Å². The van der Waals surface area contributed by atoms with Crippen LogP contribution < -0.4 is 4.74 Å². The van der Waals surface area contributed by atoms with E-state index in [1.807, 2.05) is 41.3 Å². The van der Waals surface area contributed by atoms with Gasteiger partial charge in [-0.2, -0.15) is 0 Å². The van der Waals surface area contributed by atoms with Gasteiger partial charge in [0.2, 0.25) is 0 Å². The zero-order valence-electron chi connectivity index (χ0n) is 16.9. The highest BCUT2D eigenvalue weighted by molar-refractivity contribution is 5.99. The third-order valence-electron chi connectivity index (χ3n) is 5.41. The Balaban J connectivity index is 1.42. The van der Waals surface area contributed by atoms with E-state index < -0.39 is 0 Å². The first-order valence-electron chi connectivity index (χ1n) is 9.83. The number of fused-ring (bicyclic) bond motifs is 1. The number of carbonyl (C=O) groups is 1. The summed E-state index contributed by atoms with van der Waals surface area (Å²) in [5.41, 5.74) is 2.79. The summed E-state index contributed by atoms with van der Waals surface area (Å²) in [5, 5.41) is 0.941. The van der Waals surface area contributed by atoms with Gasteiger partial charge < -0.3 is 18.8 Å². The molecule has 0 unspecified atom stereocenters. The number of benzene rings is 2. The lowest BCUT2D eigenvalue weighted by Gasteiger charge is -2.34. The lowest BCUT2D eigenvalue weighted by Crippen LogP contribution is -2.48. The van der Waals surface area contributed by atoms with E-state index in [-0.39, 0.29) is 5.91 Å². The molecule has 0 N–H and O–H groups in total. The monoisotopic (exact) mass is 394 g/mol. The first-order chi connectivity index (χ1) is 14.2. The van der Waals surface area contributed by atoms with Crippen LogP contribution in [0.1, 0.15) is 21.7 Å². The molecule has 2 heterocycles. The van der Waals surface area contributed by atoms with E-state index in [4.69, 9.17) is 13.9 Å². The van der Waals surface area contributed by atoms with Crippen molar-refractivity contribution in [3.8, 4) is 5.75 Å². The van der Waals surface area contributed by atoms with Crippen molar-refractivity contribution in [1.29, 1.82) is 0 Å². The van der Waals surface area contributed by atoms with Crippen molar-refractivity contribution in [3.63, 3.8) is 0 Å². The molecule has 1 aliphatic heterocycles. The molecule has 1 saturated heterocycles. The molecule has 152 valence electrons. The molecule has 4 rings (SSSR count). The van der Waals surface area contributed by atoms with Gasteiger partial charge in [-0.15, -0.1) is 0 Å². The molecule has 0 saturated carbocycles. The third-order valence-corrected chi connectivity index (χ3v) is 5.41. The summed E-state index contributed by atoms with van der Waals surface area (Å²) in [6.45, 7) is 4.24. The molecule has 1 aliphatic rings. The van der Waals surface area contributed by atoms with Crippen LogP contribution in [0.4, 0.5) is 0 Å². The number of furan rings is 1. The fourth-order valence-electron chi connectivity index (χ4n) is 3.80. The fourth-order valence-corrected chi connectivity index (χ4v) is 3.80. The van der Waals surface area contributed by atoms with E-state index >= 15 is 0 Å². The van der Waals surface area contributed by atoms with Gasteiger partial charge in [-0.05, 0) is 23.8 Å². The minimum atomic E-state index is -0.0580. The Hall–Kier alpha value is -2.83. The number of amides is 1. The topological polar surface area (TPSA) is 55.2 Å². The Kier molecular flexibility index (Phi) is 5.83. The van der Waals surface area contributed by atoms with Crippen molar-refractivity contribution in [1.82, 2.24) is 9.80 Å². The highest BCUT2D eigenvalue weighted by Crippen LogP contribution is 2.28. The molecule has 1 amide bonds. The SMILES string of the molecule is COCc1c(C(=O)N2CCN(Cc3ccc(OC)cc3)CC2)oc2ccccc12. The number of hydrogen-bond donors (Lipinski definition) is 0. The second kappa shape index (κ2) is 8.68. The van der Waals surface area contributed by atoms with Crippen molar-refractivity contribution in [3.05, 3.63) is 65.4 Å². The van der Waals surface area contributed by atoms with Gasteiger partial charge in [0.1, 0.15) is 11.3 Å². The van der Waals surface area contributed by atoms with Gasteiger partial charge in [-0.1, -0.05) is 30.3 Å². The van der Waals surface area contributed by atoms with Crippen LogP contribution in [0.25, 0.3) is 11.0 Å². The molecule has 2 aromatic carbocycles. The summed E-state index contributed by atoms with van der Waals surface area (Å²) in [5.74, 6) is 1.20. The smallest absolute Gasteiger partial charge is 0.290 e. The third kappa shape index (κ3) is 4.13. The maximum Gasteiger partial charge on any atom is 0.290 e. The van der Waals surface area contributed by atoms with Gasteiger partial charge >= 0.3 is 0 Å². The maximum absolute atomic E-state index is 13.1. The zero-order valence-corrected chi connectivity index (χ0v) is 16.9. The Labute approximate surface area is 170 Å². The van der Waals surface area contributed by atoms with Crippen molar-refractivity contribution in [2.75, 3.05) is 40.4 Å². The standard InChI is InChI=1S/C23H26N2O4/c1-27-16-20-19-5-3-4-6-21(19)29-22(20)23(26)25-13-11-24(12-14-25)15-17-7-9-18(28-2)10-8-17/h3-10H,11-16H2,1-2H3. The summed E-state index contributed by atoms with van der Waals surface area (Å²) < 4.78 is 16.5. The molecule has 3 aromatic rings. The number of methoxy groups -OCH3 is 2. The van der Waals surface area contributed by atoms with Crippen LogP contribution in [-0.4, -0.2) is 56.1 Å². The quantitative estimate of drug-likeness (QED) is 0.640. The van der Waals surface area contributed by atoms with E-state index in [9.17, 15) is 4.79 Å². The number of carbonyl (C=O) groups excluding carboxylic acids is 1. The summed E-state index contributed by atoms with van der Waals surface area (Å²) in [4.78, 5) is 17.4. The Morgan fingerprint density at radius 2 is 1.72 bits per heavy atom. The lowest BCUT2D eigenvalue weighted by atomic mass is 10.1. The molecule has 29 heavy (non-hydrogen) atoms. The van der Waals surface area contributed by atoms with Crippen LogP contribution in [0.5, 0.6) is 5.75 Å². The van der Waals surface area contributed by atoms with Crippen molar-refractivity contribution < 1.29 is 18.7 Å². The molecule has 0 atom stereocenters. The molecule has 0 aliphatic carbocycles. The summed E-state index contributed by atoms with van der Waals surface area (Å²) >= 11 is 0. The Morgan fingerprint density at radius 3 is 2.41 bits per heavy atom. The highest BCUT2D eigenvalue weighted by atomic mass is 16.5. The first kappa shape index (κ1) is 19.5. The van der Waals surface area contributed by atoms with Gasteiger partial charge in [0.05, 0.1) is 13.7 Å². The fraction of sp³-hybridized carbons (Fsp3) is 0.348. The largest absolute Gasteiger partial charge is 0.497 e. The lowest BCUT2D eigenvalue weighted by molar-refractivity contribution is 0.0594. The van der Waals surface area contributed by atoms with E-state index in [0.29, 0.717) is 25.5 Å². The van der Waals surface area contributed by atoms with E-state index in [2.05, 4.69) is 17.0 Å². The van der Waals surface area contributed by atoms with E-state index in [1.54, 1.807) is 14.2 Å². The Morgan fingerprint density at radius 1 is 1.00 bits per heavy atom. The van der Waals surface area contributed by atoms with Crippen LogP contribution in [-0.2, 0) is 17.9 Å². The van der Waals surface area contributed by atoms with Crippen LogP contribution in [0.2, 0.25) is 0 Å². The average molecular weight is 394 g/mol. The highest BCUT2D eigenvalue weighted by Gasteiger charge is 2.28. The summed E-state index contributed by atoms with van der Waals surface area (Å²) in [6, 6.07) is 15.8. The predicted molar refractivity (Wildman–Crippen MR) is 111 cm³/mol. The normalized spacial score (nSPS) is 15.0. The minimum Gasteiger partial charge on any atom is -0.497 e. The molecule has 0 bridgehead atoms. The molecule has 1 fully saturated rings.